The summed E-state index contributed by atoms with van der Waals surface area (Å²) < 4.78 is 14.2. The topological polar surface area (TPSA) is 56.8 Å². The lowest BCUT2D eigenvalue weighted by molar-refractivity contribution is -0.326. The fourth-order valence-corrected chi connectivity index (χ4v) is 0.681. The number of likely N-dealkylation sites (N-methyl/N-ethyl adjacent to an activating group) is 1. The molecule has 0 saturated carbocycles. The molecule has 6 heteroatoms. The first-order chi connectivity index (χ1) is 5.16. The van der Waals surface area contributed by atoms with E-state index in [2.05, 4.69) is 5.32 Å². The molecule has 1 amide bonds. The molecule has 12 heavy (non-hydrogen) atoms. The Hall–Kier alpha value is -0.433. The summed E-state index contributed by atoms with van der Waals surface area (Å²) in [6.07, 6.45) is 0. The summed E-state index contributed by atoms with van der Waals surface area (Å²) in [6.45, 7) is 0. The number of nitrogens with one attached hydrogen (secondary N) is 1. The van der Waals surface area contributed by atoms with Crippen LogP contribution in [-0.4, -0.2) is 51.2 Å². The van der Waals surface area contributed by atoms with Crippen LogP contribution < -0.4 is 5.32 Å². The molecular weight excluding hydrogens is 178 g/mol. The second kappa shape index (κ2) is 6.12. The van der Waals surface area contributed by atoms with Crippen molar-refractivity contribution in [1.82, 2.24) is 5.32 Å². The Balaban J connectivity index is 0. The maximum Gasteiger partial charge on any atom is 0.367 e. The van der Waals surface area contributed by atoms with Gasteiger partial charge in [-0.15, -0.1) is 0 Å². The van der Waals surface area contributed by atoms with Gasteiger partial charge in [0.1, 0.15) is 0 Å². The first kappa shape index (κ1) is 14.1. The number of rotatable bonds is 4. The van der Waals surface area contributed by atoms with E-state index in [1.54, 1.807) is 0 Å². The predicted molar refractivity (Wildman–Crippen MR) is 43.6 cm³/mol. The van der Waals surface area contributed by atoms with Gasteiger partial charge in [0.15, 0.2) is 0 Å². The smallest absolute Gasteiger partial charge is 0.352 e. The van der Waals surface area contributed by atoms with E-state index in [0.717, 1.165) is 0 Å². The molecule has 0 rings (SSSR count). The van der Waals surface area contributed by atoms with Gasteiger partial charge in [0, 0.05) is 39.3 Å². The lowest BCUT2D eigenvalue weighted by atomic mass is 10.5. The van der Waals surface area contributed by atoms with Crippen molar-refractivity contribution < 1.29 is 19.0 Å². The third kappa shape index (κ3) is 2.56. The summed E-state index contributed by atoms with van der Waals surface area (Å²) in [4.78, 5) is 11.0. The Morgan fingerprint density at radius 2 is 1.50 bits per heavy atom. The second-order valence-electron chi connectivity index (χ2n) is 1.75. The second-order valence-corrected chi connectivity index (χ2v) is 1.75. The Bertz CT molecular complexity index is 129. The number of methoxy groups -OCH3 is 3. The van der Waals surface area contributed by atoms with Crippen LogP contribution in [0.4, 0.5) is 0 Å². The van der Waals surface area contributed by atoms with Gasteiger partial charge in [-0.25, -0.2) is 0 Å². The van der Waals surface area contributed by atoms with Crippen LogP contribution in [0.2, 0.25) is 0 Å². The number of carbonyl (C=O) groups excluding carboxylic acids is 1. The van der Waals surface area contributed by atoms with Crippen molar-refractivity contribution in [2.75, 3.05) is 28.4 Å². The van der Waals surface area contributed by atoms with E-state index in [9.17, 15) is 4.79 Å². The van der Waals surface area contributed by atoms with Gasteiger partial charge in [-0.05, 0) is 0 Å². The standard InChI is InChI=1S/C6H13NO4.Si/c1-7-5(8)6(9-2,10-3)11-4;/h1-4H3,(H,7,8);. The lowest BCUT2D eigenvalue weighted by Crippen LogP contribution is -2.50. The zero-order chi connectivity index (χ0) is 8.91. The maximum absolute atomic E-state index is 11.0. The van der Waals surface area contributed by atoms with Crippen LogP contribution in [0, 0.1) is 0 Å². The molecule has 4 radical (unpaired) electrons. The van der Waals surface area contributed by atoms with Crippen molar-refractivity contribution >= 4 is 16.9 Å². The van der Waals surface area contributed by atoms with E-state index >= 15 is 0 Å². The van der Waals surface area contributed by atoms with Gasteiger partial charge >= 0.3 is 11.9 Å². The quantitative estimate of drug-likeness (QED) is 0.455. The van der Waals surface area contributed by atoms with Crippen LogP contribution in [0.25, 0.3) is 0 Å². The average molecular weight is 191 g/mol. The fourth-order valence-electron chi connectivity index (χ4n) is 0.681. The van der Waals surface area contributed by atoms with Gasteiger partial charge in [-0.1, -0.05) is 0 Å². The number of carbonyl (C=O) groups is 1. The van der Waals surface area contributed by atoms with Crippen LogP contribution in [-0.2, 0) is 19.0 Å². The van der Waals surface area contributed by atoms with Crippen molar-refractivity contribution in [2.45, 2.75) is 5.97 Å². The van der Waals surface area contributed by atoms with Gasteiger partial charge in [0.25, 0.3) is 0 Å². The highest BCUT2D eigenvalue weighted by atomic mass is 28.1. The molecule has 0 bridgehead atoms. The molecule has 0 aliphatic heterocycles. The molecule has 0 spiro atoms. The van der Waals surface area contributed by atoms with E-state index in [1.807, 2.05) is 0 Å². The minimum Gasteiger partial charge on any atom is -0.352 e. The summed E-state index contributed by atoms with van der Waals surface area (Å²) >= 11 is 0. The molecular formula is C6H13NO4Si. The minimum absolute atomic E-state index is 0. The van der Waals surface area contributed by atoms with Gasteiger partial charge in [-0.2, -0.15) is 0 Å². The maximum atomic E-state index is 11.0. The van der Waals surface area contributed by atoms with Crippen molar-refractivity contribution in [2.24, 2.45) is 0 Å². The summed E-state index contributed by atoms with van der Waals surface area (Å²) in [7, 11) is 5.43. The molecule has 5 nitrogen and oxygen atoms in total. The van der Waals surface area contributed by atoms with Crippen molar-refractivity contribution in [1.29, 1.82) is 0 Å². The molecule has 0 aliphatic rings. The highest BCUT2D eigenvalue weighted by molar-refractivity contribution is 5.81. The Morgan fingerprint density at radius 3 is 1.58 bits per heavy atom. The fraction of sp³-hybridized carbons (Fsp3) is 0.833. The Morgan fingerprint density at radius 1 is 1.17 bits per heavy atom. The summed E-state index contributed by atoms with van der Waals surface area (Å²) in [5.41, 5.74) is 0. The summed E-state index contributed by atoms with van der Waals surface area (Å²) in [6, 6.07) is 0. The number of hydrogen-bond acceptors (Lipinski definition) is 4. The molecule has 0 saturated heterocycles. The molecule has 0 aliphatic carbocycles. The zero-order valence-corrected chi connectivity index (χ0v) is 8.63. The number of hydrogen-bond donors (Lipinski definition) is 1. The molecule has 0 atom stereocenters. The van der Waals surface area contributed by atoms with Gasteiger partial charge in [-0.3, -0.25) is 4.79 Å². The average Bonchev–Trinajstić information content (AvgIpc) is 2.08. The molecule has 0 aromatic rings. The van der Waals surface area contributed by atoms with Gasteiger partial charge < -0.3 is 19.5 Å². The molecule has 0 aromatic heterocycles. The summed E-state index contributed by atoms with van der Waals surface area (Å²) in [5.74, 6) is -2.10. The third-order valence-corrected chi connectivity index (χ3v) is 1.31. The monoisotopic (exact) mass is 191 g/mol. The van der Waals surface area contributed by atoms with Crippen molar-refractivity contribution in [3.05, 3.63) is 0 Å². The highest BCUT2D eigenvalue weighted by Crippen LogP contribution is 2.11. The SMILES string of the molecule is CNC(=O)C(OC)(OC)OC.[Si]. The number of amides is 1. The molecule has 0 aromatic carbocycles. The van der Waals surface area contributed by atoms with Gasteiger partial charge in [0.2, 0.25) is 0 Å². The lowest BCUT2D eigenvalue weighted by Gasteiger charge is -2.25. The number of ether oxygens (including phenoxy) is 3. The van der Waals surface area contributed by atoms with E-state index < -0.39 is 11.9 Å². The molecule has 0 fully saturated rings. The molecule has 0 heterocycles. The summed E-state index contributed by atoms with van der Waals surface area (Å²) in [5, 5.41) is 2.34. The minimum atomic E-state index is -1.62. The van der Waals surface area contributed by atoms with E-state index in [-0.39, 0.29) is 11.0 Å². The van der Waals surface area contributed by atoms with Crippen LogP contribution in [0.15, 0.2) is 0 Å². The largest absolute Gasteiger partial charge is 0.367 e. The third-order valence-electron chi connectivity index (χ3n) is 1.31. The van der Waals surface area contributed by atoms with Crippen molar-refractivity contribution in [3.63, 3.8) is 0 Å². The van der Waals surface area contributed by atoms with Gasteiger partial charge in [0.05, 0.1) is 0 Å². The Kier molecular flexibility index (Phi) is 7.20. The molecule has 70 valence electrons. The van der Waals surface area contributed by atoms with Crippen LogP contribution in [0.3, 0.4) is 0 Å². The van der Waals surface area contributed by atoms with Crippen LogP contribution >= 0.6 is 0 Å². The first-order valence-corrected chi connectivity index (χ1v) is 3.04. The normalized spacial score (nSPS) is 10.3. The van der Waals surface area contributed by atoms with Crippen LogP contribution in [0.1, 0.15) is 0 Å². The van der Waals surface area contributed by atoms with Crippen LogP contribution in [0.5, 0.6) is 0 Å². The Labute approximate surface area is 76.4 Å². The van der Waals surface area contributed by atoms with Crippen molar-refractivity contribution in [3.8, 4) is 0 Å². The first-order valence-electron chi connectivity index (χ1n) is 3.04. The van der Waals surface area contributed by atoms with E-state index in [0.29, 0.717) is 0 Å². The van der Waals surface area contributed by atoms with E-state index in [1.165, 1.54) is 28.4 Å². The molecule has 1 N–H and O–H groups in total. The van der Waals surface area contributed by atoms with E-state index in [4.69, 9.17) is 14.2 Å². The predicted octanol–water partition coefficient (Wildman–Crippen LogP) is -1.06. The zero-order valence-electron chi connectivity index (χ0n) is 7.63. The highest BCUT2D eigenvalue weighted by Gasteiger charge is 2.38. The molecule has 0 unspecified atom stereocenters.